The minimum absolute atomic E-state index is 0.550. The highest BCUT2D eigenvalue weighted by molar-refractivity contribution is 7.80. The highest BCUT2D eigenvalue weighted by atomic mass is 32.1. The lowest BCUT2D eigenvalue weighted by Crippen LogP contribution is -2.28. The highest BCUT2D eigenvalue weighted by Crippen LogP contribution is 2.34. The zero-order chi connectivity index (χ0) is 19.8. The quantitative estimate of drug-likeness (QED) is 0.182. The summed E-state index contributed by atoms with van der Waals surface area (Å²) in [4.78, 5) is 9.98. The Balaban J connectivity index is 1.74. The molecule has 0 aliphatic rings. The van der Waals surface area contributed by atoms with E-state index in [-0.39, 0.29) is 0 Å². The van der Waals surface area contributed by atoms with Gasteiger partial charge in [-0.2, -0.15) is 0 Å². The van der Waals surface area contributed by atoms with E-state index < -0.39 is 0 Å². The number of aromatic nitrogens is 2. The SMILES string of the molecule is C=CCNC(=S)Nc1ccc2nc3c4ccccc4c4ccccc4c3nc2c1. The van der Waals surface area contributed by atoms with Gasteiger partial charge in [-0.25, -0.2) is 9.97 Å². The van der Waals surface area contributed by atoms with E-state index in [0.29, 0.717) is 11.7 Å². The average molecular weight is 395 g/mol. The van der Waals surface area contributed by atoms with Gasteiger partial charge in [0.25, 0.3) is 0 Å². The zero-order valence-corrected chi connectivity index (χ0v) is 16.5. The molecule has 5 rings (SSSR count). The minimum Gasteiger partial charge on any atom is -0.359 e. The first-order valence-corrected chi connectivity index (χ1v) is 9.82. The molecule has 0 saturated heterocycles. The molecule has 0 atom stereocenters. The van der Waals surface area contributed by atoms with Crippen LogP contribution in [0, 0.1) is 0 Å². The summed E-state index contributed by atoms with van der Waals surface area (Å²) in [6.45, 7) is 4.30. The number of nitrogens with one attached hydrogen (secondary N) is 2. The second kappa shape index (κ2) is 7.11. The van der Waals surface area contributed by atoms with E-state index in [9.17, 15) is 0 Å². The van der Waals surface area contributed by atoms with E-state index in [4.69, 9.17) is 22.2 Å². The summed E-state index contributed by atoms with van der Waals surface area (Å²) in [5.41, 5.74) is 4.40. The summed E-state index contributed by atoms with van der Waals surface area (Å²) in [7, 11) is 0. The van der Waals surface area contributed by atoms with E-state index >= 15 is 0 Å². The second-order valence-corrected chi connectivity index (χ2v) is 7.25. The van der Waals surface area contributed by atoms with Crippen molar-refractivity contribution in [3.63, 3.8) is 0 Å². The van der Waals surface area contributed by atoms with Crippen molar-refractivity contribution in [2.75, 3.05) is 11.9 Å². The van der Waals surface area contributed by atoms with Gasteiger partial charge in [-0.3, -0.25) is 0 Å². The lowest BCUT2D eigenvalue weighted by molar-refractivity contribution is 1.06. The molecule has 0 aliphatic heterocycles. The maximum atomic E-state index is 5.31. The third kappa shape index (κ3) is 3.05. The molecule has 0 amide bonds. The molecule has 5 heteroatoms. The molecule has 0 fully saturated rings. The number of anilines is 1. The van der Waals surface area contributed by atoms with Gasteiger partial charge in [-0.15, -0.1) is 6.58 Å². The molecular formula is C24H18N4S. The Morgan fingerprint density at radius 3 is 2.03 bits per heavy atom. The summed E-state index contributed by atoms with van der Waals surface area (Å²) in [5.74, 6) is 0. The largest absolute Gasteiger partial charge is 0.359 e. The third-order valence-corrected chi connectivity index (χ3v) is 5.23. The van der Waals surface area contributed by atoms with Crippen LogP contribution in [0.2, 0.25) is 0 Å². The van der Waals surface area contributed by atoms with Crippen LogP contribution in [0.1, 0.15) is 0 Å². The Morgan fingerprint density at radius 2 is 1.41 bits per heavy atom. The normalized spacial score (nSPS) is 11.2. The molecule has 4 aromatic carbocycles. The molecule has 4 nitrogen and oxygen atoms in total. The first kappa shape index (κ1) is 17.5. The summed E-state index contributed by atoms with van der Waals surface area (Å²) in [6, 6.07) is 22.7. The molecule has 0 radical (unpaired) electrons. The molecule has 29 heavy (non-hydrogen) atoms. The van der Waals surface area contributed by atoms with Gasteiger partial charge in [-0.05, 0) is 41.2 Å². The molecule has 1 heterocycles. The Kier molecular flexibility index (Phi) is 4.30. The van der Waals surface area contributed by atoms with E-state index in [1.54, 1.807) is 6.08 Å². The molecular weight excluding hydrogens is 376 g/mol. The van der Waals surface area contributed by atoms with Crippen LogP contribution in [-0.2, 0) is 0 Å². The molecule has 140 valence electrons. The second-order valence-electron chi connectivity index (χ2n) is 6.84. The fourth-order valence-electron chi connectivity index (χ4n) is 3.70. The van der Waals surface area contributed by atoms with Gasteiger partial charge >= 0.3 is 0 Å². The zero-order valence-electron chi connectivity index (χ0n) is 15.6. The van der Waals surface area contributed by atoms with E-state index in [1.165, 1.54) is 10.8 Å². The van der Waals surface area contributed by atoms with Gasteiger partial charge in [0, 0.05) is 23.0 Å². The number of hydrogen-bond acceptors (Lipinski definition) is 3. The standard InChI is InChI=1S/C24H18N4S/c1-2-13-25-24(29)26-15-11-12-20-21(14-15)28-23-19-10-6-4-8-17(19)16-7-3-5-9-18(16)22(23)27-20/h2-12,14H,1,13H2,(H2,25,26,29). The van der Waals surface area contributed by atoms with Gasteiger partial charge in [0.15, 0.2) is 5.11 Å². The highest BCUT2D eigenvalue weighted by Gasteiger charge is 2.12. The Hall–Kier alpha value is -3.57. The Bertz CT molecular complexity index is 1420. The van der Waals surface area contributed by atoms with E-state index in [1.807, 2.05) is 30.3 Å². The van der Waals surface area contributed by atoms with Crippen molar-refractivity contribution >= 4 is 66.6 Å². The Labute approximate surface area is 173 Å². The summed E-state index contributed by atoms with van der Waals surface area (Å²) < 4.78 is 0. The summed E-state index contributed by atoms with van der Waals surface area (Å²) in [6.07, 6.45) is 1.77. The van der Waals surface area contributed by atoms with Crippen molar-refractivity contribution in [2.24, 2.45) is 0 Å². The molecule has 0 bridgehead atoms. The predicted molar refractivity (Wildman–Crippen MR) is 126 cm³/mol. The third-order valence-electron chi connectivity index (χ3n) is 4.98. The molecule has 0 aliphatic carbocycles. The van der Waals surface area contributed by atoms with Gasteiger partial charge in [0.2, 0.25) is 0 Å². The maximum Gasteiger partial charge on any atom is 0.171 e. The van der Waals surface area contributed by atoms with Gasteiger partial charge in [0.1, 0.15) is 0 Å². The number of fused-ring (bicyclic) bond motifs is 7. The van der Waals surface area contributed by atoms with Crippen molar-refractivity contribution in [2.45, 2.75) is 0 Å². The fraction of sp³-hybridized carbons (Fsp3) is 0.0417. The van der Waals surface area contributed by atoms with Crippen LogP contribution in [-0.4, -0.2) is 21.6 Å². The molecule has 1 aromatic heterocycles. The van der Waals surface area contributed by atoms with E-state index in [2.05, 4.69) is 53.6 Å². The Morgan fingerprint density at radius 1 is 0.828 bits per heavy atom. The van der Waals surface area contributed by atoms with Crippen molar-refractivity contribution in [1.82, 2.24) is 15.3 Å². The number of nitrogens with zero attached hydrogens (tertiary/aromatic N) is 2. The summed E-state index contributed by atoms with van der Waals surface area (Å²) >= 11 is 5.31. The van der Waals surface area contributed by atoms with Gasteiger partial charge < -0.3 is 10.6 Å². The molecule has 0 spiro atoms. The average Bonchev–Trinajstić information content (AvgIpc) is 2.77. The predicted octanol–water partition coefficient (Wildman–Crippen LogP) is 5.56. The minimum atomic E-state index is 0.550. The topological polar surface area (TPSA) is 49.8 Å². The van der Waals surface area contributed by atoms with Crippen LogP contribution in [0.3, 0.4) is 0 Å². The first-order valence-electron chi connectivity index (χ1n) is 9.41. The summed E-state index contributed by atoms with van der Waals surface area (Å²) in [5, 5.41) is 11.4. The van der Waals surface area contributed by atoms with E-state index in [0.717, 1.165) is 38.5 Å². The number of rotatable bonds is 3. The number of hydrogen-bond donors (Lipinski definition) is 2. The lowest BCUT2D eigenvalue weighted by atomic mass is 9.99. The van der Waals surface area contributed by atoms with Crippen LogP contribution in [0.25, 0.3) is 43.6 Å². The molecule has 0 unspecified atom stereocenters. The van der Waals surface area contributed by atoms with Crippen LogP contribution in [0.5, 0.6) is 0 Å². The molecule has 5 aromatic rings. The lowest BCUT2D eigenvalue weighted by Gasteiger charge is -2.12. The van der Waals surface area contributed by atoms with Crippen LogP contribution in [0.4, 0.5) is 5.69 Å². The number of thiocarbonyl (C=S) groups is 1. The smallest absolute Gasteiger partial charge is 0.171 e. The van der Waals surface area contributed by atoms with Crippen LogP contribution < -0.4 is 10.6 Å². The van der Waals surface area contributed by atoms with Crippen molar-refractivity contribution in [3.05, 3.63) is 79.4 Å². The van der Waals surface area contributed by atoms with Crippen molar-refractivity contribution in [3.8, 4) is 0 Å². The maximum absolute atomic E-state index is 5.31. The van der Waals surface area contributed by atoms with Crippen molar-refractivity contribution < 1.29 is 0 Å². The van der Waals surface area contributed by atoms with Crippen LogP contribution >= 0.6 is 12.2 Å². The first-order chi connectivity index (χ1) is 14.2. The van der Waals surface area contributed by atoms with Crippen molar-refractivity contribution in [1.29, 1.82) is 0 Å². The molecule has 0 saturated carbocycles. The molecule has 2 N–H and O–H groups in total. The monoisotopic (exact) mass is 394 g/mol. The van der Waals surface area contributed by atoms with Crippen LogP contribution in [0.15, 0.2) is 79.4 Å². The fourth-order valence-corrected chi connectivity index (χ4v) is 3.90. The van der Waals surface area contributed by atoms with Gasteiger partial charge in [0.05, 0.1) is 22.1 Å². The van der Waals surface area contributed by atoms with Gasteiger partial charge in [-0.1, -0.05) is 54.6 Å². The number of benzene rings is 4.